The van der Waals surface area contributed by atoms with Gasteiger partial charge >= 0.3 is 0 Å². The largest absolute Gasteiger partial charge is 0.318 e. The van der Waals surface area contributed by atoms with Gasteiger partial charge in [0.2, 0.25) is 5.91 Å². The maximum Gasteiger partial charge on any atom is 0.245 e. The van der Waals surface area contributed by atoms with Crippen LogP contribution in [0.5, 0.6) is 0 Å². The Bertz CT molecular complexity index is 421. The van der Waals surface area contributed by atoms with E-state index in [1.165, 1.54) is 0 Å². The number of nitrogens with one attached hydrogen (secondary N) is 1. The third kappa shape index (κ3) is 2.74. The normalized spacial score (nSPS) is 21.4. The van der Waals surface area contributed by atoms with Gasteiger partial charge in [-0.05, 0) is 38.4 Å². The first-order valence-corrected chi connectivity index (χ1v) is 6.84. The molecule has 1 unspecified atom stereocenters. The van der Waals surface area contributed by atoms with Crippen molar-refractivity contribution in [1.29, 1.82) is 0 Å². The van der Waals surface area contributed by atoms with Crippen molar-refractivity contribution in [3.05, 3.63) is 28.7 Å². The van der Waals surface area contributed by atoms with Crippen LogP contribution in [-0.2, 0) is 4.79 Å². The lowest BCUT2D eigenvalue weighted by Gasteiger charge is -2.38. The van der Waals surface area contributed by atoms with Crippen molar-refractivity contribution >= 4 is 27.5 Å². The van der Waals surface area contributed by atoms with Gasteiger partial charge in [0.25, 0.3) is 0 Å². The topological polar surface area (TPSA) is 35.6 Å². The van der Waals surface area contributed by atoms with Crippen molar-refractivity contribution in [2.75, 3.05) is 38.6 Å². The lowest BCUT2D eigenvalue weighted by Crippen LogP contribution is -2.58. The molecule has 1 amide bonds. The van der Waals surface area contributed by atoms with Gasteiger partial charge in [-0.2, -0.15) is 0 Å². The van der Waals surface area contributed by atoms with Crippen molar-refractivity contribution in [2.24, 2.45) is 0 Å². The standard InChI is InChI=1S/C13H18BrN3O/c1-15-9-12-13(18)17(8-7-16(12)2)11-5-3-10(14)4-6-11/h3-6,12,15H,7-9H2,1-2H3. The second-order valence-electron chi connectivity index (χ2n) is 4.52. The third-order valence-electron chi connectivity index (χ3n) is 3.30. The molecule has 0 bridgehead atoms. The van der Waals surface area contributed by atoms with Gasteiger partial charge in [0.05, 0.1) is 0 Å². The number of carbonyl (C=O) groups excluding carboxylic acids is 1. The Kier molecular flexibility index (Phi) is 4.37. The van der Waals surface area contributed by atoms with Gasteiger partial charge in [-0.25, -0.2) is 0 Å². The Labute approximate surface area is 116 Å². The fraction of sp³-hybridized carbons (Fsp3) is 0.462. The Morgan fingerprint density at radius 1 is 1.33 bits per heavy atom. The molecule has 0 radical (unpaired) electrons. The fourth-order valence-electron chi connectivity index (χ4n) is 2.21. The van der Waals surface area contributed by atoms with Crippen LogP contribution < -0.4 is 10.2 Å². The summed E-state index contributed by atoms with van der Waals surface area (Å²) in [5, 5.41) is 3.08. The number of rotatable bonds is 3. The summed E-state index contributed by atoms with van der Waals surface area (Å²) in [6, 6.07) is 7.81. The first-order valence-electron chi connectivity index (χ1n) is 6.05. The minimum atomic E-state index is -0.0765. The summed E-state index contributed by atoms with van der Waals surface area (Å²) < 4.78 is 1.03. The highest BCUT2D eigenvalue weighted by Crippen LogP contribution is 2.21. The molecule has 1 saturated heterocycles. The second-order valence-corrected chi connectivity index (χ2v) is 5.44. The number of anilines is 1. The summed E-state index contributed by atoms with van der Waals surface area (Å²) in [7, 11) is 3.87. The zero-order valence-electron chi connectivity index (χ0n) is 10.7. The number of hydrogen-bond acceptors (Lipinski definition) is 3. The number of nitrogens with zero attached hydrogens (tertiary/aromatic N) is 2. The molecular formula is C13H18BrN3O. The number of halogens is 1. The molecule has 0 aliphatic carbocycles. The highest BCUT2D eigenvalue weighted by Gasteiger charge is 2.32. The van der Waals surface area contributed by atoms with Gasteiger partial charge in [0.15, 0.2) is 0 Å². The van der Waals surface area contributed by atoms with Gasteiger partial charge in [-0.3, -0.25) is 9.69 Å². The molecule has 1 fully saturated rings. The van der Waals surface area contributed by atoms with E-state index in [4.69, 9.17) is 0 Å². The van der Waals surface area contributed by atoms with Gasteiger partial charge in [-0.1, -0.05) is 15.9 Å². The van der Waals surface area contributed by atoms with E-state index in [-0.39, 0.29) is 11.9 Å². The zero-order valence-corrected chi connectivity index (χ0v) is 12.3. The number of likely N-dealkylation sites (N-methyl/N-ethyl adjacent to an activating group) is 2. The molecule has 98 valence electrons. The van der Waals surface area contributed by atoms with E-state index in [2.05, 4.69) is 26.1 Å². The summed E-state index contributed by atoms with van der Waals surface area (Å²) in [5.41, 5.74) is 0.970. The lowest BCUT2D eigenvalue weighted by atomic mass is 10.1. The Morgan fingerprint density at radius 3 is 2.61 bits per heavy atom. The van der Waals surface area contributed by atoms with E-state index in [0.29, 0.717) is 6.54 Å². The number of carbonyl (C=O) groups is 1. The van der Waals surface area contributed by atoms with Crippen molar-refractivity contribution in [3.8, 4) is 0 Å². The highest BCUT2D eigenvalue weighted by atomic mass is 79.9. The van der Waals surface area contributed by atoms with Gasteiger partial charge in [0, 0.05) is 29.8 Å². The monoisotopic (exact) mass is 311 g/mol. The van der Waals surface area contributed by atoms with Crippen molar-refractivity contribution in [1.82, 2.24) is 10.2 Å². The minimum Gasteiger partial charge on any atom is -0.318 e. The fourth-order valence-corrected chi connectivity index (χ4v) is 2.47. The maximum absolute atomic E-state index is 12.4. The molecule has 1 heterocycles. The summed E-state index contributed by atoms with van der Waals surface area (Å²) in [6.07, 6.45) is 0. The van der Waals surface area contributed by atoms with Gasteiger partial charge in [-0.15, -0.1) is 0 Å². The maximum atomic E-state index is 12.4. The predicted molar refractivity (Wildman–Crippen MR) is 76.8 cm³/mol. The van der Waals surface area contributed by atoms with E-state index < -0.39 is 0 Å². The third-order valence-corrected chi connectivity index (χ3v) is 3.82. The SMILES string of the molecule is CNCC1C(=O)N(c2ccc(Br)cc2)CCN1C. The van der Waals surface area contributed by atoms with Crippen LogP contribution in [0.4, 0.5) is 5.69 Å². The van der Waals surface area contributed by atoms with Gasteiger partial charge in [0.1, 0.15) is 6.04 Å². The lowest BCUT2D eigenvalue weighted by molar-refractivity contribution is -0.125. The molecular weight excluding hydrogens is 294 g/mol. The van der Waals surface area contributed by atoms with E-state index >= 15 is 0 Å². The molecule has 0 spiro atoms. The van der Waals surface area contributed by atoms with Crippen LogP contribution in [0, 0.1) is 0 Å². The first-order chi connectivity index (χ1) is 8.63. The van der Waals surface area contributed by atoms with E-state index in [1.54, 1.807) is 0 Å². The quantitative estimate of drug-likeness (QED) is 0.914. The molecule has 1 aliphatic heterocycles. The molecule has 1 aromatic carbocycles. The molecule has 1 aromatic rings. The number of benzene rings is 1. The molecule has 5 heteroatoms. The highest BCUT2D eigenvalue weighted by molar-refractivity contribution is 9.10. The van der Waals surface area contributed by atoms with Crippen LogP contribution in [-0.4, -0.2) is 50.6 Å². The Balaban J connectivity index is 2.18. The smallest absolute Gasteiger partial charge is 0.245 e. The Morgan fingerprint density at radius 2 is 2.00 bits per heavy atom. The zero-order chi connectivity index (χ0) is 13.1. The van der Waals surface area contributed by atoms with E-state index in [1.807, 2.05) is 43.3 Å². The molecule has 1 atom stereocenters. The van der Waals surface area contributed by atoms with Crippen LogP contribution in [0.1, 0.15) is 0 Å². The van der Waals surface area contributed by atoms with Crippen molar-refractivity contribution in [2.45, 2.75) is 6.04 Å². The number of hydrogen-bond donors (Lipinski definition) is 1. The van der Waals surface area contributed by atoms with Crippen LogP contribution in [0.2, 0.25) is 0 Å². The molecule has 0 aromatic heterocycles. The molecule has 2 rings (SSSR count). The van der Waals surface area contributed by atoms with Crippen LogP contribution in [0.25, 0.3) is 0 Å². The minimum absolute atomic E-state index is 0.0765. The van der Waals surface area contributed by atoms with Crippen LogP contribution in [0.3, 0.4) is 0 Å². The second kappa shape index (κ2) is 5.82. The van der Waals surface area contributed by atoms with Gasteiger partial charge < -0.3 is 10.2 Å². The molecule has 4 nitrogen and oxygen atoms in total. The summed E-state index contributed by atoms with van der Waals surface area (Å²) in [5.74, 6) is 0.167. The van der Waals surface area contributed by atoms with E-state index in [9.17, 15) is 4.79 Å². The van der Waals surface area contributed by atoms with Crippen LogP contribution in [0.15, 0.2) is 28.7 Å². The number of piperazine rings is 1. The molecule has 1 aliphatic rings. The summed E-state index contributed by atoms with van der Waals surface area (Å²) in [6.45, 7) is 2.33. The molecule has 0 saturated carbocycles. The number of amides is 1. The first kappa shape index (κ1) is 13.5. The predicted octanol–water partition coefficient (Wildman–Crippen LogP) is 1.32. The van der Waals surface area contributed by atoms with Crippen LogP contribution >= 0.6 is 15.9 Å². The summed E-state index contributed by atoms with van der Waals surface area (Å²) >= 11 is 3.41. The average Bonchev–Trinajstić information content (AvgIpc) is 2.36. The van der Waals surface area contributed by atoms with E-state index in [0.717, 1.165) is 23.2 Å². The molecule has 18 heavy (non-hydrogen) atoms. The molecule has 1 N–H and O–H groups in total. The van der Waals surface area contributed by atoms with Crippen molar-refractivity contribution < 1.29 is 4.79 Å². The average molecular weight is 312 g/mol. The Hall–Kier alpha value is -0.910. The summed E-state index contributed by atoms with van der Waals surface area (Å²) in [4.78, 5) is 16.4. The van der Waals surface area contributed by atoms with Crippen molar-refractivity contribution in [3.63, 3.8) is 0 Å².